The standard InChI is InChI=1S/C18H15F2N3O2/c1-2-23-16-11(5-4-8-21-16)9-12(18(23)25)17(24)22-10-13-14(19)6-3-7-15(13)20/h3-9H,2,10H2,1H3,(H,22,24). The van der Waals surface area contributed by atoms with Crippen LogP contribution in [0.1, 0.15) is 22.8 Å². The summed E-state index contributed by atoms with van der Waals surface area (Å²) < 4.78 is 28.7. The summed E-state index contributed by atoms with van der Waals surface area (Å²) >= 11 is 0. The third-order valence-corrected chi connectivity index (χ3v) is 3.90. The van der Waals surface area contributed by atoms with Crippen LogP contribution in [0.25, 0.3) is 11.0 Å². The monoisotopic (exact) mass is 343 g/mol. The van der Waals surface area contributed by atoms with Gasteiger partial charge < -0.3 is 5.32 Å². The highest BCUT2D eigenvalue weighted by molar-refractivity contribution is 5.96. The molecule has 3 rings (SSSR count). The zero-order valence-electron chi connectivity index (χ0n) is 13.4. The molecule has 1 N–H and O–H groups in total. The number of nitrogens with one attached hydrogen (secondary N) is 1. The van der Waals surface area contributed by atoms with Gasteiger partial charge in [0.2, 0.25) is 0 Å². The molecular formula is C18H15F2N3O2. The number of aryl methyl sites for hydroxylation is 1. The summed E-state index contributed by atoms with van der Waals surface area (Å²) in [4.78, 5) is 29.1. The predicted octanol–water partition coefficient (Wildman–Crippen LogP) is 2.62. The summed E-state index contributed by atoms with van der Waals surface area (Å²) in [6, 6.07) is 8.33. The summed E-state index contributed by atoms with van der Waals surface area (Å²) in [5.41, 5.74) is -0.375. The van der Waals surface area contributed by atoms with Gasteiger partial charge in [-0.05, 0) is 37.3 Å². The first kappa shape index (κ1) is 16.8. The molecule has 2 heterocycles. The molecule has 25 heavy (non-hydrogen) atoms. The van der Waals surface area contributed by atoms with Crippen LogP contribution in [-0.2, 0) is 13.1 Å². The van der Waals surface area contributed by atoms with Gasteiger partial charge >= 0.3 is 0 Å². The van der Waals surface area contributed by atoms with Gasteiger partial charge in [-0.1, -0.05) is 6.07 Å². The number of pyridine rings is 2. The highest BCUT2D eigenvalue weighted by atomic mass is 19.1. The number of fused-ring (bicyclic) bond motifs is 1. The lowest BCUT2D eigenvalue weighted by molar-refractivity contribution is 0.0948. The van der Waals surface area contributed by atoms with Crippen molar-refractivity contribution in [3.05, 3.63) is 75.7 Å². The van der Waals surface area contributed by atoms with Crippen molar-refractivity contribution in [2.45, 2.75) is 20.0 Å². The molecule has 0 unspecified atom stereocenters. The van der Waals surface area contributed by atoms with E-state index in [0.29, 0.717) is 17.6 Å². The molecule has 0 aliphatic carbocycles. The van der Waals surface area contributed by atoms with E-state index in [-0.39, 0.29) is 17.7 Å². The Labute approximate surface area is 141 Å². The van der Waals surface area contributed by atoms with Crippen molar-refractivity contribution >= 4 is 16.9 Å². The van der Waals surface area contributed by atoms with Crippen molar-refractivity contribution in [2.24, 2.45) is 0 Å². The number of hydrogen-bond donors (Lipinski definition) is 1. The van der Waals surface area contributed by atoms with Crippen molar-refractivity contribution in [1.29, 1.82) is 0 Å². The minimum absolute atomic E-state index is 0.0981. The first-order valence-electron chi connectivity index (χ1n) is 7.72. The maximum atomic E-state index is 13.6. The summed E-state index contributed by atoms with van der Waals surface area (Å²) in [5.74, 6) is -2.21. The Bertz CT molecular complexity index is 995. The van der Waals surface area contributed by atoms with Gasteiger partial charge in [0.05, 0.1) is 0 Å². The zero-order chi connectivity index (χ0) is 18.0. The van der Waals surface area contributed by atoms with Crippen molar-refractivity contribution in [3.8, 4) is 0 Å². The molecule has 7 heteroatoms. The average molecular weight is 343 g/mol. The van der Waals surface area contributed by atoms with E-state index < -0.39 is 23.1 Å². The third-order valence-electron chi connectivity index (χ3n) is 3.90. The fourth-order valence-corrected chi connectivity index (χ4v) is 2.63. The van der Waals surface area contributed by atoms with Crippen LogP contribution in [0, 0.1) is 11.6 Å². The molecule has 0 radical (unpaired) electrons. The van der Waals surface area contributed by atoms with Gasteiger partial charge in [0, 0.05) is 30.2 Å². The first-order valence-corrected chi connectivity index (χ1v) is 7.72. The highest BCUT2D eigenvalue weighted by Gasteiger charge is 2.17. The molecule has 0 aliphatic rings. The number of carbonyl (C=O) groups excluding carboxylic acids is 1. The highest BCUT2D eigenvalue weighted by Crippen LogP contribution is 2.13. The molecule has 128 valence electrons. The molecule has 0 spiro atoms. The second-order valence-electron chi connectivity index (χ2n) is 5.41. The molecule has 1 amide bonds. The molecular weight excluding hydrogens is 328 g/mol. The van der Waals surface area contributed by atoms with Crippen LogP contribution in [0.4, 0.5) is 8.78 Å². The summed E-state index contributed by atoms with van der Waals surface area (Å²) in [6.45, 7) is 1.76. The lowest BCUT2D eigenvalue weighted by Crippen LogP contribution is -2.33. The molecule has 0 saturated heterocycles. The molecule has 5 nitrogen and oxygen atoms in total. The summed E-state index contributed by atoms with van der Waals surface area (Å²) in [5, 5.41) is 3.03. The van der Waals surface area contributed by atoms with E-state index in [1.165, 1.54) is 16.7 Å². The van der Waals surface area contributed by atoms with Crippen LogP contribution in [0.2, 0.25) is 0 Å². The molecule has 0 atom stereocenters. The molecule has 0 fully saturated rings. The van der Waals surface area contributed by atoms with Crippen LogP contribution < -0.4 is 10.9 Å². The smallest absolute Gasteiger partial charge is 0.265 e. The predicted molar refractivity (Wildman–Crippen MR) is 89.2 cm³/mol. The van der Waals surface area contributed by atoms with Gasteiger partial charge in [-0.2, -0.15) is 0 Å². The van der Waals surface area contributed by atoms with E-state index in [2.05, 4.69) is 10.3 Å². The Kier molecular flexibility index (Phi) is 4.56. The van der Waals surface area contributed by atoms with Gasteiger partial charge in [-0.15, -0.1) is 0 Å². The number of carbonyl (C=O) groups is 1. The third kappa shape index (κ3) is 3.13. The Morgan fingerprint density at radius 3 is 2.60 bits per heavy atom. The minimum Gasteiger partial charge on any atom is -0.348 e. The summed E-state index contributed by atoms with van der Waals surface area (Å²) in [6.07, 6.45) is 1.56. The van der Waals surface area contributed by atoms with Crippen LogP contribution in [-0.4, -0.2) is 15.5 Å². The molecule has 0 bridgehead atoms. The molecule has 0 saturated carbocycles. The number of amides is 1. The number of hydrogen-bond acceptors (Lipinski definition) is 3. The number of benzene rings is 1. The van der Waals surface area contributed by atoms with E-state index in [4.69, 9.17) is 0 Å². The second kappa shape index (κ2) is 6.80. The SMILES string of the molecule is CCn1c(=O)c(C(=O)NCc2c(F)cccc2F)cc2cccnc21. The number of halogens is 2. The van der Waals surface area contributed by atoms with Gasteiger partial charge in [0.1, 0.15) is 22.8 Å². The van der Waals surface area contributed by atoms with Crippen molar-refractivity contribution in [2.75, 3.05) is 0 Å². The number of nitrogens with zero attached hydrogens (tertiary/aromatic N) is 2. The van der Waals surface area contributed by atoms with Crippen molar-refractivity contribution < 1.29 is 13.6 Å². The van der Waals surface area contributed by atoms with Crippen LogP contribution in [0.5, 0.6) is 0 Å². The largest absolute Gasteiger partial charge is 0.348 e. The first-order chi connectivity index (χ1) is 12.0. The van der Waals surface area contributed by atoms with Crippen molar-refractivity contribution in [1.82, 2.24) is 14.9 Å². The zero-order valence-corrected chi connectivity index (χ0v) is 13.4. The normalized spacial score (nSPS) is 10.8. The second-order valence-corrected chi connectivity index (χ2v) is 5.41. The fourth-order valence-electron chi connectivity index (χ4n) is 2.63. The molecule has 3 aromatic rings. The molecule has 0 aliphatic heterocycles. The van der Waals surface area contributed by atoms with Gasteiger partial charge in [0.25, 0.3) is 11.5 Å². The fraction of sp³-hybridized carbons (Fsp3) is 0.167. The molecule has 1 aromatic carbocycles. The molecule has 2 aromatic heterocycles. The quantitative estimate of drug-likeness (QED) is 0.792. The Morgan fingerprint density at radius 2 is 1.92 bits per heavy atom. The van der Waals surface area contributed by atoms with Crippen LogP contribution >= 0.6 is 0 Å². The van der Waals surface area contributed by atoms with Crippen LogP contribution in [0.3, 0.4) is 0 Å². The average Bonchev–Trinajstić information content (AvgIpc) is 2.60. The van der Waals surface area contributed by atoms with E-state index in [0.717, 1.165) is 12.1 Å². The maximum Gasteiger partial charge on any atom is 0.265 e. The minimum atomic E-state index is -0.756. The number of aromatic nitrogens is 2. The number of rotatable bonds is 4. The lowest BCUT2D eigenvalue weighted by Gasteiger charge is -2.11. The van der Waals surface area contributed by atoms with Crippen molar-refractivity contribution in [3.63, 3.8) is 0 Å². The van der Waals surface area contributed by atoms with Gasteiger partial charge in [0.15, 0.2) is 0 Å². The van der Waals surface area contributed by atoms with Gasteiger partial charge in [-0.3, -0.25) is 14.2 Å². The van der Waals surface area contributed by atoms with E-state index >= 15 is 0 Å². The Morgan fingerprint density at radius 1 is 1.20 bits per heavy atom. The Hall–Kier alpha value is -3.09. The van der Waals surface area contributed by atoms with E-state index in [1.807, 2.05) is 0 Å². The lowest BCUT2D eigenvalue weighted by atomic mass is 10.1. The topological polar surface area (TPSA) is 64.0 Å². The summed E-state index contributed by atoms with van der Waals surface area (Å²) in [7, 11) is 0. The van der Waals surface area contributed by atoms with Gasteiger partial charge in [-0.25, -0.2) is 13.8 Å². The maximum absolute atomic E-state index is 13.6. The van der Waals surface area contributed by atoms with Crippen LogP contribution in [0.15, 0.2) is 47.4 Å². The Balaban J connectivity index is 1.95. The van der Waals surface area contributed by atoms with E-state index in [9.17, 15) is 18.4 Å². The van der Waals surface area contributed by atoms with E-state index in [1.54, 1.807) is 25.3 Å².